The molecule has 0 aromatic heterocycles. The number of hydrogen-bond acceptors (Lipinski definition) is 5. The van der Waals surface area contributed by atoms with Gasteiger partial charge in [0.1, 0.15) is 16.9 Å². The highest BCUT2D eigenvalue weighted by atomic mass is 79.9. The Morgan fingerprint density at radius 3 is 2.48 bits per heavy atom. The smallest absolute Gasteiger partial charge is 0.251 e. The first-order chi connectivity index (χ1) is 21.9. The lowest BCUT2D eigenvalue weighted by Crippen LogP contribution is -2.56. The number of anilines is 1. The van der Waals surface area contributed by atoms with Crippen LogP contribution < -0.4 is 20.7 Å². The fourth-order valence-electron chi connectivity index (χ4n) is 6.33. The average molecular weight is 723 g/mol. The molecule has 3 atom stereocenters. The molecule has 2 aliphatic rings. The Kier molecular flexibility index (Phi) is 8.63. The van der Waals surface area contributed by atoms with Crippen molar-refractivity contribution in [3.8, 4) is 11.5 Å². The molecule has 1 fully saturated rings. The topological polar surface area (TPSA) is 117 Å². The molecule has 1 spiro atoms. The molecule has 4 aromatic rings. The van der Waals surface area contributed by atoms with E-state index in [2.05, 4.69) is 31.9 Å². The SMILES string of the molecule is CC(C)(CO)NC(=O)c1ccc(Oc2ccc(Br)cc2[C@H]2NC(=O)C[C@@H](c3cccc(Cl)c3)C23C(=O)Nc2cc(Cl)ccc23)cc1. The van der Waals surface area contributed by atoms with Gasteiger partial charge < -0.3 is 25.8 Å². The van der Waals surface area contributed by atoms with E-state index in [0.29, 0.717) is 43.9 Å². The predicted octanol–water partition coefficient (Wildman–Crippen LogP) is 7.28. The van der Waals surface area contributed by atoms with Crippen LogP contribution in [0.15, 0.2) is 89.4 Å². The van der Waals surface area contributed by atoms with Crippen LogP contribution in [0.1, 0.15) is 59.3 Å². The van der Waals surface area contributed by atoms with Crippen LogP contribution >= 0.6 is 39.1 Å². The van der Waals surface area contributed by atoms with Gasteiger partial charge in [0.15, 0.2) is 0 Å². The summed E-state index contributed by atoms with van der Waals surface area (Å²) in [5, 5.41) is 19.4. The summed E-state index contributed by atoms with van der Waals surface area (Å²) in [5.74, 6) is -0.588. The maximum Gasteiger partial charge on any atom is 0.251 e. The van der Waals surface area contributed by atoms with Crippen LogP contribution in [0.4, 0.5) is 5.69 Å². The number of rotatable bonds is 7. The summed E-state index contributed by atoms with van der Waals surface area (Å²) in [5.41, 5.74) is 0.910. The minimum Gasteiger partial charge on any atom is -0.457 e. The molecule has 0 saturated carbocycles. The highest BCUT2D eigenvalue weighted by Gasteiger charge is 2.61. The summed E-state index contributed by atoms with van der Waals surface area (Å²) >= 11 is 16.4. The number of hydrogen-bond donors (Lipinski definition) is 4. The molecule has 46 heavy (non-hydrogen) atoms. The van der Waals surface area contributed by atoms with Gasteiger partial charge in [-0.05, 0) is 91.7 Å². The number of piperidine rings is 1. The zero-order valence-corrected chi connectivity index (χ0v) is 28.0. The van der Waals surface area contributed by atoms with Crippen molar-refractivity contribution in [1.82, 2.24) is 10.6 Å². The van der Waals surface area contributed by atoms with E-state index in [0.717, 1.165) is 10.0 Å². The Labute approximate surface area is 284 Å². The van der Waals surface area contributed by atoms with Crippen molar-refractivity contribution in [2.24, 2.45) is 0 Å². The largest absolute Gasteiger partial charge is 0.457 e. The molecule has 11 heteroatoms. The lowest BCUT2D eigenvalue weighted by molar-refractivity contribution is -0.131. The molecule has 6 rings (SSSR count). The van der Waals surface area contributed by atoms with Crippen molar-refractivity contribution in [2.75, 3.05) is 11.9 Å². The Balaban J connectivity index is 1.46. The third-order valence-corrected chi connectivity index (χ3v) is 9.44. The maximum absolute atomic E-state index is 14.4. The first kappa shape index (κ1) is 32.1. The van der Waals surface area contributed by atoms with E-state index in [1.807, 2.05) is 30.3 Å². The summed E-state index contributed by atoms with van der Waals surface area (Å²) < 4.78 is 7.12. The first-order valence-electron chi connectivity index (χ1n) is 14.6. The Morgan fingerprint density at radius 1 is 1.02 bits per heavy atom. The number of aliphatic hydroxyl groups is 1. The molecule has 0 bridgehead atoms. The highest BCUT2D eigenvalue weighted by molar-refractivity contribution is 9.10. The van der Waals surface area contributed by atoms with Crippen LogP contribution in [0.25, 0.3) is 0 Å². The van der Waals surface area contributed by atoms with E-state index >= 15 is 0 Å². The van der Waals surface area contributed by atoms with Gasteiger partial charge in [-0.3, -0.25) is 14.4 Å². The molecule has 0 radical (unpaired) electrons. The first-order valence-corrected chi connectivity index (χ1v) is 16.1. The number of carbonyl (C=O) groups is 3. The normalized spacial score (nSPS) is 20.6. The van der Waals surface area contributed by atoms with Crippen molar-refractivity contribution in [3.63, 3.8) is 0 Å². The number of aliphatic hydroxyl groups excluding tert-OH is 1. The molecule has 1 unspecified atom stereocenters. The fourth-order valence-corrected chi connectivity index (χ4v) is 7.08. The van der Waals surface area contributed by atoms with Gasteiger partial charge in [-0.1, -0.05) is 57.3 Å². The monoisotopic (exact) mass is 721 g/mol. The average Bonchev–Trinajstić information content (AvgIpc) is 3.29. The Hall–Kier alpha value is -3.89. The molecule has 0 aliphatic carbocycles. The van der Waals surface area contributed by atoms with Crippen molar-refractivity contribution < 1.29 is 24.2 Å². The van der Waals surface area contributed by atoms with Gasteiger partial charge in [0.25, 0.3) is 5.91 Å². The zero-order chi connectivity index (χ0) is 32.8. The molecule has 236 valence electrons. The minimum atomic E-state index is -1.29. The van der Waals surface area contributed by atoms with Gasteiger partial charge in [0.2, 0.25) is 11.8 Å². The van der Waals surface area contributed by atoms with Crippen molar-refractivity contribution in [2.45, 2.75) is 43.2 Å². The van der Waals surface area contributed by atoms with E-state index in [-0.39, 0.29) is 30.7 Å². The highest BCUT2D eigenvalue weighted by Crippen LogP contribution is 2.58. The van der Waals surface area contributed by atoms with Crippen molar-refractivity contribution >= 4 is 62.5 Å². The van der Waals surface area contributed by atoms with Crippen molar-refractivity contribution in [1.29, 1.82) is 0 Å². The summed E-state index contributed by atoms with van der Waals surface area (Å²) in [4.78, 5) is 40.6. The van der Waals surface area contributed by atoms with E-state index in [9.17, 15) is 19.5 Å². The van der Waals surface area contributed by atoms with E-state index in [1.165, 1.54) is 0 Å². The number of ether oxygens (including phenoxy) is 1. The van der Waals surface area contributed by atoms with Gasteiger partial charge in [0.05, 0.1) is 18.2 Å². The van der Waals surface area contributed by atoms with Gasteiger partial charge in [-0.25, -0.2) is 0 Å². The van der Waals surface area contributed by atoms with E-state index in [1.54, 1.807) is 68.4 Å². The minimum absolute atomic E-state index is 0.0487. The third kappa shape index (κ3) is 5.88. The Morgan fingerprint density at radius 2 is 1.76 bits per heavy atom. The number of amides is 3. The molecular formula is C35H30BrCl2N3O5. The second-order valence-electron chi connectivity index (χ2n) is 12.1. The summed E-state index contributed by atoms with van der Waals surface area (Å²) in [6, 6.07) is 23.6. The summed E-state index contributed by atoms with van der Waals surface area (Å²) in [6.45, 7) is 3.24. The van der Waals surface area contributed by atoms with Gasteiger partial charge in [-0.15, -0.1) is 0 Å². The standard InChI is InChI=1S/C35H30BrCl2N3O5/c1-34(2,18-42)41-32(44)19-6-10-24(11-7-19)46-29-13-8-21(36)15-25(29)31-35(26-12-9-23(38)16-28(26)39-33(35)45)27(17-30(43)40-31)20-4-3-5-22(37)14-20/h3-16,27,31,42H,17-18H2,1-2H3,(H,39,45)(H,40,43)(H,41,44)/t27-,31+,35?/m0/s1. The van der Waals surface area contributed by atoms with Crippen LogP contribution in [0.3, 0.4) is 0 Å². The molecule has 1 saturated heterocycles. The summed E-state index contributed by atoms with van der Waals surface area (Å²) in [6.07, 6.45) is 0.0487. The van der Waals surface area contributed by atoms with Crippen molar-refractivity contribution in [3.05, 3.63) is 122 Å². The molecule has 4 N–H and O–H groups in total. The number of nitrogens with one attached hydrogen (secondary N) is 3. The molecule has 4 aromatic carbocycles. The number of benzene rings is 4. The molecule has 8 nitrogen and oxygen atoms in total. The number of carbonyl (C=O) groups excluding carboxylic acids is 3. The lowest BCUT2D eigenvalue weighted by Gasteiger charge is -2.46. The number of fused-ring (bicyclic) bond motifs is 2. The van der Waals surface area contributed by atoms with Crippen LogP contribution in [-0.4, -0.2) is 35.0 Å². The van der Waals surface area contributed by atoms with Gasteiger partial charge in [0, 0.05) is 43.7 Å². The van der Waals surface area contributed by atoms with Crippen LogP contribution in [0.2, 0.25) is 10.0 Å². The molecule has 2 aliphatic heterocycles. The molecule has 2 heterocycles. The maximum atomic E-state index is 14.4. The second kappa shape index (κ2) is 12.4. The molecule has 3 amide bonds. The van der Waals surface area contributed by atoms with Gasteiger partial charge >= 0.3 is 0 Å². The fraction of sp³-hybridized carbons (Fsp3) is 0.229. The van der Waals surface area contributed by atoms with Crippen LogP contribution in [-0.2, 0) is 15.0 Å². The van der Waals surface area contributed by atoms with Crippen LogP contribution in [0.5, 0.6) is 11.5 Å². The van der Waals surface area contributed by atoms with E-state index in [4.69, 9.17) is 27.9 Å². The lowest BCUT2D eigenvalue weighted by atomic mass is 9.59. The molecular weight excluding hydrogens is 693 g/mol. The van der Waals surface area contributed by atoms with E-state index < -0.39 is 22.9 Å². The van der Waals surface area contributed by atoms with Crippen LogP contribution in [0, 0.1) is 0 Å². The zero-order valence-electron chi connectivity index (χ0n) is 24.9. The number of halogens is 3. The third-order valence-electron chi connectivity index (χ3n) is 8.48. The van der Waals surface area contributed by atoms with Gasteiger partial charge in [-0.2, -0.15) is 0 Å². The quantitative estimate of drug-likeness (QED) is 0.160. The second-order valence-corrected chi connectivity index (χ2v) is 13.9. The predicted molar refractivity (Wildman–Crippen MR) is 181 cm³/mol. The summed E-state index contributed by atoms with van der Waals surface area (Å²) in [7, 11) is 0. The Bertz CT molecular complexity index is 1870.